The SMILES string of the molecule is OC[C@@H](O)CCc1ccco1. The van der Waals surface area contributed by atoms with E-state index in [1.165, 1.54) is 0 Å². The standard InChI is InChI=1S/C8H12O3/c9-6-7(10)3-4-8-2-1-5-11-8/h1-2,5,7,9-10H,3-4,6H2/t7-/m0/s1. The van der Waals surface area contributed by atoms with Crippen LogP contribution >= 0.6 is 0 Å². The largest absolute Gasteiger partial charge is 0.469 e. The van der Waals surface area contributed by atoms with Crippen molar-refractivity contribution in [2.24, 2.45) is 0 Å². The summed E-state index contributed by atoms with van der Waals surface area (Å²) in [4.78, 5) is 0. The first-order chi connectivity index (χ1) is 5.33. The Labute approximate surface area is 65.3 Å². The molecule has 3 heteroatoms. The van der Waals surface area contributed by atoms with E-state index in [1.54, 1.807) is 12.3 Å². The Morgan fingerprint density at radius 1 is 1.55 bits per heavy atom. The molecule has 11 heavy (non-hydrogen) atoms. The third-order valence-electron chi connectivity index (χ3n) is 1.51. The number of furan rings is 1. The molecule has 1 heterocycles. The van der Waals surface area contributed by atoms with Crippen LogP contribution in [0.2, 0.25) is 0 Å². The molecule has 1 aromatic heterocycles. The van der Waals surface area contributed by atoms with Crippen molar-refractivity contribution in [2.75, 3.05) is 6.61 Å². The number of rotatable bonds is 4. The van der Waals surface area contributed by atoms with Gasteiger partial charge in [0.05, 0.1) is 19.0 Å². The lowest BCUT2D eigenvalue weighted by Crippen LogP contribution is -2.12. The van der Waals surface area contributed by atoms with Gasteiger partial charge >= 0.3 is 0 Å². The molecule has 3 nitrogen and oxygen atoms in total. The highest BCUT2D eigenvalue weighted by Crippen LogP contribution is 2.05. The molecule has 0 saturated carbocycles. The van der Waals surface area contributed by atoms with Gasteiger partial charge in [0.2, 0.25) is 0 Å². The molecule has 0 aromatic carbocycles. The number of aryl methyl sites for hydroxylation is 1. The summed E-state index contributed by atoms with van der Waals surface area (Å²) < 4.78 is 5.04. The van der Waals surface area contributed by atoms with Crippen molar-refractivity contribution in [3.05, 3.63) is 24.2 Å². The van der Waals surface area contributed by atoms with Gasteiger partial charge in [-0.25, -0.2) is 0 Å². The van der Waals surface area contributed by atoms with Crippen LogP contribution in [0.25, 0.3) is 0 Å². The summed E-state index contributed by atoms with van der Waals surface area (Å²) in [5.41, 5.74) is 0. The second kappa shape index (κ2) is 4.16. The normalized spacial score (nSPS) is 13.3. The Kier molecular flexibility index (Phi) is 3.14. The third-order valence-corrected chi connectivity index (χ3v) is 1.51. The predicted molar refractivity (Wildman–Crippen MR) is 40.1 cm³/mol. The van der Waals surface area contributed by atoms with Gasteiger partial charge in [-0.2, -0.15) is 0 Å². The third kappa shape index (κ3) is 2.74. The Balaban J connectivity index is 2.23. The van der Waals surface area contributed by atoms with Gasteiger partial charge in [0.15, 0.2) is 0 Å². The van der Waals surface area contributed by atoms with Gasteiger partial charge in [0.25, 0.3) is 0 Å². The summed E-state index contributed by atoms with van der Waals surface area (Å²) in [7, 11) is 0. The first-order valence-electron chi connectivity index (χ1n) is 3.64. The van der Waals surface area contributed by atoms with Gasteiger partial charge in [-0.3, -0.25) is 0 Å². The minimum Gasteiger partial charge on any atom is -0.469 e. The molecule has 1 rings (SSSR count). The highest BCUT2D eigenvalue weighted by atomic mass is 16.3. The van der Waals surface area contributed by atoms with Crippen molar-refractivity contribution in [1.82, 2.24) is 0 Å². The topological polar surface area (TPSA) is 53.6 Å². The van der Waals surface area contributed by atoms with E-state index in [-0.39, 0.29) is 6.61 Å². The van der Waals surface area contributed by atoms with E-state index in [0.717, 1.165) is 5.76 Å². The Morgan fingerprint density at radius 2 is 2.36 bits per heavy atom. The van der Waals surface area contributed by atoms with Gasteiger partial charge < -0.3 is 14.6 Å². The van der Waals surface area contributed by atoms with E-state index < -0.39 is 6.10 Å². The molecule has 62 valence electrons. The Hall–Kier alpha value is -0.800. The number of aliphatic hydroxyl groups excluding tert-OH is 2. The van der Waals surface area contributed by atoms with Crippen LogP contribution in [0.3, 0.4) is 0 Å². The van der Waals surface area contributed by atoms with Crippen molar-refractivity contribution >= 4 is 0 Å². The van der Waals surface area contributed by atoms with Crippen molar-refractivity contribution in [2.45, 2.75) is 18.9 Å². The fraction of sp³-hybridized carbons (Fsp3) is 0.500. The molecule has 0 fully saturated rings. The summed E-state index contributed by atoms with van der Waals surface area (Å²) in [6, 6.07) is 3.66. The molecule has 2 N–H and O–H groups in total. The van der Waals surface area contributed by atoms with Gasteiger partial charge in [-0.05, 0) is 18.6 Å². The van der Waals surface area contributed by atoms with Crippen LogP contribution in [0.5, 0.6) is 0 Å². The second-order valence-electron chi connectivity index (χ2n) is 2.45. The molecule has 0 saturated heterocycles. The Morgan fingerprint density at radius 3 is 2.91 bits per heavy atom. The minimum atomic E-state index is -0.625. The quantitative estimate of drug-likeness (QED) is 0.670. The zero-order chi connectivity index (χ0) is 8.10. The summed E-state index contributed by atoms with van der Waals surface area (Å²) in [6.07, 6.45) is 2.19. The van der Waals surface area contributed by atoms with Crippen LogP contribution < -0.4 is 0 Å². The van der Waals surface area contributed by atoms with E-state index >= 15 is 0 Å². The van der Waals surface area contributed by atoms with Crippen LogP contribution in [-0.2, 0) is 6.42 Å². The molecule has 0 amide bonds. The maximum atomic E-state index is 8.97. The van der Waals surface area contributed by atoms with E-state index in [2.05, 4.69) is 0 Å². The summed E-state index contributed by atoms with van der Waals surface area (Å²) in [6.45, 7) is -0.180. The predicted octanol–water partition coefficient (Wildman–Crippen LogP) is 0.565. The van der Waals surface area contributed by atoms with E-state index in [0.29, 0.717) is 12.8 Å². The lowest BCUT2D eigenvalue weighted by Gasteiger charge is -2.03. The molecule has 0 spiro atoms. The molecule has 0 aliphatic rings. The van der Waals surface area contributed by atoms with Gasteiger partial charge in [-0.1, -0.05) is 0 Å². The van der Waals surface area contributed by atoms with Crippen molar-refractivity contribution < 1.29 is 14.6 Å². The minimum absolute atomic E-state index is 0.180. The number of hydrogen-bond acceptors (Lipinski definition) is 3. The number of hydrogen-bond donors (Lipinski definition) is 2. The molecule has 0 aliphatic carbocycles. The molecule has 0 radical (unpaired) electrons. The maximum Gasteiger partial charge on any atom is 0.103 e. The van der Waals surface area contributed by atoms with Crippen LogP contribution in [0, 0.1) is 0 Å². The molecular weight excluding hydrogens is 144 g/mol. The Bertz CT molecular complexity index is 181. The molecular formula is C8H12O3. The summed E-state index contributed by atoms with van der Waals surface area (Å²) in [5.74, 6) is 0.845. The first kappa shape index (κ1) is 8.30. The highest BCUT2D eigenvalue weighted by molar-refractivity contribution is 4.98. The molecule has 0 aliphatic heterocycles. The van der Waals surface area contributed by atoms with Crippen molar-refractivity contribution in [3.63, 3.8) is 0 Å². The van der Waals surface area contributed by atoms with Crippen molar-refractivity contribution in [3.8, 4) is 0 Å². The fourth-order valence-electron chi connectivity index (χ4n) is 0.855. The highest BCUT2D eigenvalue weighted by Gasteiger charge is 2.03. The van der Waals surface area contributed by atoms with Crippen LogP contribution in [0.15, 0.2) is 22.8 Å². The average Bonchev–Trinajstić information content (AvgIpc) is 2.52. The lowest BCUT2D eigenvalue weighted by atomic mass is 10.2. The van der Waals surface area contributed by atoms with Crippen molar-refractivity contribution in [1.29, 1.82) is 0 Å². The lowest BCUT2D eigenvalue weighted by molar-refractivity contribution is 0.0874. The zero-order valence-electron chi connectivity index (χ0n) is 6.23. The summed E-state index contributed by atoms with van der Waals surface area (Å²) in [5, 5.41) is 17.4. The van der Waals surface area contributed by atoms with E-state index in [9.17, 15) is 0 Å². The average molecular weight is 156 g/mol. The molecule has 0 unspecified atom stereocenters. The second-order valence-corrected chi connectivity index (χ2v) is 2.45. The fourth-order valence-corrected chi connectivity index (χ4v) is 0.855. The molecule has 1 atom stereocenters. The van der Waals surface area contributed by atoms with Gasteiger partial charge in [0.1, 0.15) is 5.76 Å². The maximum absolute atomic E-state index is 8.97. The molecule has 0 bridgehead atoms. The zero-order valence-corrected chi connectivity index (χ0v) is 6.23. The van der Waals surface area contributed by atoms with Gasteiger partial charge in [-0.15, -0.1) is 0 Å². The molecule has 1 aromatic rings. The van der Waals surface area contributed by atoms with E-state index in [1.807, 2.05) is 6.07 Å². The van der Waals surface area contributed by atoms with Crippen LogP contribution in [0.1, 0.15) is 12.2 Å². The first-order valence-corrected chi connectivity index (χ1v) is 3.64. The van der Waals surface area contributed by atoms with E-state index in [4.69, 9.17) is 14.6 Å². The smallest absolute Gasteiger partial charge is 0.103 e. The van der Waals surface area contributed by atoms with Gasteiger partial charge in [0, 0.05) is 6.42 Å². The van der Waals surface area contributed by atoms with Crippen LogP contribution in [0.4, 0.5) is 0 Å². The van der Waals surface area contributed by atoms with Crippen LogP contribution in [-0.4, -0.2) is 22.9 Å². The summed E-state index contributed by atoms with van der Waals surface area (Å²) >= 11 is 0. The number of aliphatic hydroxyl groups is 2. The monoisotopic (exact) mass is 156 g/mol.